The van der Waals surface area contributed by atoms with Crippen LogP contribution in [0.25, 0.3) is 0 Å². The van der Waals surface area contributed by atoms with Gasteiger partial charge in [0.2, 0.25) is 15.9 Å². The van der Waals surface area contributed by atoms with Crippen molar-refractivity contribution >= 4 is 15.9 Å². The van der Waals surface area contributed by atoms with Crippen molar-refractivity contribution in [2.24, 2.45) is 0 Å². The molecule has 0 atom stereocenters. The second-order valence-corrected chi connectivity index (χ2v) is 6.92. The number of carbonyl (C=O) groups is 1. The molecule has 0 unspecified atom stereocenters. The molecule has 1 rings (SSSR count). The summed E-state index contributed by atoms with van der Waals surface area (Å²) in [5, 5.41) is 0. The molecule has 0 saturated carbocycles. The SMILES string of the molecule is CCS(=O)(=O)NCC(=O)N(Cc1ccccc1)C(C)C. The van der Waals surface area contributed by atoms with E-state index in [0.717, 1.165) is 5.56 Å². The second-order valence-electron chi connectivity index (χ2n) is 4.83. The molecule has 1 amide bonds. The van der Waals surface area contributed by atoms with E-state index in [1.807, 2.05) is 44.2 Å². The van der Waals surface area contributed by atoms with Crippen molar-refractivity contribution in [2.45, 2.75) is 33.4 Å². The number of amides is 1. The molecule has 112 valence electrons. The van der Waals surface area contributed by atoms with Crippen LogP contribution in [0.4, 0.5) is 0 Å². The van der Waals surface area contributed by atoms with E-state index in [2.05, 4.69) is 4.72 Å². The van der Waals surface area contributed by atoms with E-state index >= 15 is 0 Å². The summed E-state index contributed by atoms with van der Waals surface area (Å²) < 4.78 is 25.1. The third-order valence-corrected chi connectivity index (χ3v) is 4.31. The van der Waals surface area contributed by atoms with Crippen molar-refractivity contribution in [3.63, 3.8) is 0 Å². The fourth-order valence-electron chi connectivity index (χ4n) is 1.71. The summed E-state index contributed by atoms with van der Waals surface area (Å²) in [6, 6.07) is 9.64. The minimum Gasteiger partial charge on any atom is -0.335 e. The van der Waals surface area contributed by atoms with Crippen molar-refractivity contribution in [2.75, 3.05) is 12.3 Å². The van der Waals surface area contributed by atoms with Crippen LogP contribution >= 0.6 is 0 Å². The molecule has 0 heterocycles. The van der Waals surface area contributed by atoms with Gasteiger partial charge in [-0.1, -0.05) is 30.3 Å². The highest BCUT2D eigenvalue weighted by Crippen LogP contribution is 2.08. The Morgan fingerprint density at radius 1 is 1.25 bits per heavy atom. The Morgan fingerprint density at radius 3 is 2.35 bits per heavy atom. The van der Waals surface area contributed by atoms with Gasteiger partial charge in [0, 0.05) is 12.6 Å². The minimum absolute atomic E-state index is 0.00818. The fraction of sp³-hybridized carbons (Fsp3) is 0.500. The maximum atomic E-state index is 12.2. The quantitative estimate of drug-likeness (QED) is 0.826. The molecule has 20 heavy (non-hydrogen) atoms. The van der Waals surface area contributed by atoms with Crippen LogP contribution in [-0.4, -0.2) is 37.6 Å². The predicted octanol–water partition coefficient (Wildman–Crippen LogP) is 1.36. The Bertz CT molecular complexity index is 527. The Kier molecular flexibility index (Phi) is 6.16. The second kappa shape index (κ2) is 7.40. The molecule has 1 aromatic carbocycles. The summed E-state index contributed by atoms with van der Waals surface area (Å²) in [7, 11) is -3.34. The third-order valence-electron chi connectivity index (χ3n) is 2.96. The standard InChI is InChI=1S/C14H22N2O3S/c1-4-20(18,19)15-10-14(17)16(12(2)3)11-13-8-6-5-7-9-13/h5-9,12,15H,4,10-11H2,1-3H3. The first kappa shape index (κ1) is 16.7. The van der Waals surface area contributed by atoms with Crippen LogP contribution in [0.15, 0.2) is 30.3 Å². The van der Waals surface area contributed by atoms with Gasteiger partial charge in [0.05, 0.1) is 12.3 Å². The van der Waals surface area contributed by atoms with Gasteiger partial charge in [-0.2, -0.15) is 0 Å². The fourth-order valence-corrected chi connectivity index (χ4v) is 2.26. The first-order chi connectivity index (χ1) is 9.35. The highest BCUT2D eigenvalue weighted by Gasteiger charge is 2.19. The Hall–Kier alpha value is -1.40. The number of nitrogens with zero attached hydrogens (tertiary/aromatic N) is 1. The molecule has 0 aliphatic carbocycles. The molecule has 0 aliphatic heterocycles. The molecule has 0 radical (unpaired) electrons. The predicted molar refractivity (Wildman–Crippen MR) is 79.6 cm³/mol. The molecular formula is C14H22N2O3S. The molecule has 0 saturated heterocycles. The number of nitrogens with one attached hydrogen (secondary N) is 1. The lowest BCUT2D eigenvalue weighted by molar-refractivity contribution is -0.132. The zero-order valence-electron chi connectivity index (χ0n) is 12.2. The molecule has 6 heteroatoms. The highest BCUT2D eigenvalue weighted by atomic mass is 32.2. The van der Waals surface area contributed by atoms with E-state index in [1.165, 1.54) is 6.92 Å². The van der Waals surface area contributed by atoms with Crippen molar-refractivity contribution < 1.29 is 13.2 Å². The van der Waals surface area contributed by atoms with Gasteiger partial charge in [-0.25, -0.2) is 13.1 Å². The average Bonchev–Trinajstić information content (AvgIpc) is 2.43. The third kappa shape index (κ3) is 5.30. The van der Waals surface area contributed by atoms with Gasteiger partial charge in [0.15, 0.2) is 0 Å². The normalized spacial score (nSPS) is 11.6. The molecule has 0 bridgehead atoms. The lowest BCUT2D eigenvalue weighted by Crippen LogP contribution is -2.43. The maximum absolute atomic E-state index is 12.2. The summed E-state index contributed by atoms with van der Waals surface area (Å²) in [6.07, 6.45) is 0. The summed E-state index contributed by atoms with van der Waals surface area (Å²) >= 11 is 0. The van der Waals surface area contributed by atoms with Gasteiger partial charge < -0.3 is 4.90 Å². The zero-order chi connectivity index (χ0) is 15.2. The number of hydrogen-bond acceptors (Lipinski definition) is 3. The van der Waals surface area contributed by atoms with Crippen LogP contribution in [-0.2, 0) is 21.4 Å². The van der Waals surface area contributed by atoms with E-state index in [9.17, 15) is 13.2 Å². The van der Waals surface area contributed by atoms with Gasteiger partial charge in [0.25, 0.3) is 0 Å². The highest BCUT2D eigenvalue weighted by molar-refractivity contribution is 7.89. The van der Waals surface area contributed by atoms with Crippen LogP contribution in [0, 0.1) is 0 Å². The largest absolute Gasteiger partial charge is 0.335 e. The van der Waals surface area contributed by atoms with E-state index < -0.39 is 10.0 Å². The topological polar surface area (TPSA) is 66.5 Å². The number of carbonyl (C=O) groups excluding carboxylic acids is 1. The van der Waals surface area contributed by atoms with Crippen LogP contribution < -0.4 is 4.72 Å². The van der Waals surface area contributed by atoms with E-state index in [-0.39, 0.29) is 24.2 Å². The van der Waals surface area contributed by atoms with E-state index in [0.29, 0.717) is 6.54 Å². The molecule has 0 aromatic heterocycles. The molecule has 1 aromatic rings. The van der Waals surface area contributed by atoms with Crippen molar-refractivity contribution in [1.29, 1.82) is 0 Å². The van der Waals surface area contributed by atoms with Crippen LogP contribution in [0.1, 0.15) is 26.3 Å². The summed E-state index contributed by atoms with van der Waals surface area (Å²) in [6.45, 7) is 5.65. The molecule has 0 spiro atoms. The van der Waals surface area contributed by atoms with Gasteiger partial charge in [-0.05, 0) is 26.3 Å². The van der Waals surface area contributed by atoms with Crippen LogP contribution in [0.2, 0.25) is 0 Å². The van der Waals surface area contributed by atoms with Gasteiger partial charge in [0.1, 0.15) is 0 Å². The van der Waals surface area contributed by atoms with E-state index in [4.69, 9.17) is 0 Å². The van der Waals surface area contributed by atoms with Crippen molar-refractivity contribution in [1.82, 2.24) is 9.62 Å². The molecular weight excluding hydrogens is 276 g/mol. The Morgan fingerprint density at radius 2 is 1.85 bits per heavy atom. The molecule has 0 fully saturated rings. The number of hydrogen-bond donors (Lipinski definition) is 1. The summed E-state index contributed by atoms with van der Waals surface area (Å²) in [5.41, 5.74) is 1.02. The monoisotopic (exact) mass is 298 g/mol. The lowest BCUT2D eigenvalue weighted by atomic mass is 10.2. The molecule has 5 nitrogen and oxygen atoms in total. The first-order valence-corrected chi connectivity index (χ1v) is 8.31. The summed E-state index contributed by atoms with van der Waals surface area (Å²) in [5.74, 6) is -0.249. The smallest absolute Gasteiger partial charge is 0.238 e. The zero-order valence-corrected chi connectivity index (χ0v) is 13.0. The lowest BCUT2D eigenvalue weighted by Gasteiger charge is -2.27. The molecule has 1 N–H and O–H groups in total. The number of benzene rings is 1. The Balaban J connectivity index is 2.69. The van der Waals surface area contributed by atoms with Crippen LogP contribution in [0.3, 0.4) is 0 Å². The minimum atomic E-state index is -3.34. The number of rotatable bonds is 7. The van der Waals surface area contributed by atoms with Gasteiger partial charge in [-0.15, -0.1) is 0 Å². The summed E-state index contributed by atoms with van der Waals surface area (Å²) in [4.78, 5) is 13.8. The average molecular weight is 298 g/mol. The van der Waals surface area contributed by atoms with Gasteiger partial charge >= 0.3 is 0 Å². The first-order valence-electron chi connectivity index (χ1n) is 6.66. The Labute approximate surface area is 121 Å². The van der Waals surface area contributed by atoms with Gasteiger partial charge in [-0.3, -0.25) is 4.79 Å². The number of sulfonamides is 1. The van der Waals surface area contributed by atoms with Crippen molar-refractivity contribution in [3.8, 4) is 0 Å². The van der Waals surface area contributed by atoms with Crippen LogP contribution in [0.5, 0.6) is 0 Å². The van der Waals surface area contributed by atoms with Crippen molar-refractivity contribution in [3.05, 3.63) is 35.9 Å². The maximum Gasteiger partial charge on any atom is 0.238 e. The van der Waals surface area contributed by atoms with E-state index in [1.54, 1.807) is 4.90 Å². The molecule has 0 aliphatic rings.